The predicted molar refractivity (Wildman–Crippen MR) is 107 cm³/mol. The maximum atomic E-state index is 13.0. The third-order valence-corrected chi connectivity index (χ3v) is 5.27. The topological polar surface area (TPSA) is 77.7 Å². The summed E-state index contributed by atoms with van der Waals surface area (Å²) in [5.74, 6) is 1.02. The molecule has 2 aromatic carbocycles. The summed E-state index contributed by atoms with van der Waals surface area (Å²) >= 11 is 0. The number of methoxy groups -OCH3 is 2. The second kappa shape index (κ2) is 8.52. The Morgan fingerprint density at radius 2 is 1.91 bits per heavy atom. The lowest BCUT2D eigenvalue weighted by Gasteiger charge is -2.17. The van der Waals surface area contributed by atoms with E-state index in [0.717, 1.165) is 17.7 Å². The largest absolute Gasteiger partial charge is 0.493 e. The van der Waals surface area contributed by atoms with Crippen molar-refractivity contribution in [2.24, 2.45) is 0 Å². The fraction of sp³-hybridized carbons (Fsp3) is 0.318. The molecule has 0 N–H and O–H groups in total. The van der Waals surface area contributed by atoms with Gasteiger partial charge in [-0.25, -0.2) is 0 Å². The van der Waals surface area contributed by atoms with Gasteiger partial charge < -0.3 is 18.9 Å². The van der Waals surface area contributed by atoms with Crippen LogP contribution < -0.4 is 9.47 Å². The third-order valence-electron chi connectivity index (χ3n) is 5.27. The van der Waals surface area contributed by atoms with Gasteiger partial charge in [-0.15, -0.1) is 0 Å². The van der Waals surface area contributed by atoms with E-state index in [1.165, 1.54) is 19.2 Å². The molecule has 0 saturated carbocycles. The highest BCUT2D eigenvalue weighted by Gasteiger charge is 2.35. The average Bonchev–Trinajstić information content (AvgIpc) is 3.40. The molecule has 168 valence electrons. The quantitative estimate of drug-likeness (QED) is 0.561. The lowest BCUT2D eigenvalue weighted by molar-refractivity contribution is -0.137. The number of rotatable bonds is 6. The van der Waals surface area contributed by atoms with Gasteiger partial charge in [-0.05, 0) is 29.8 Å². The molecule has 0 aliphatic carbocycles. The van der Waals surface area contributed by atoms with Crippen molar-refractivity contribution in [3.05, 3.63) is 59.5 Å². The van der Waals surface area contributed by atoms with Gasteiger partial charge in [-0.3, -0.25) is 4.79 Å². The van der Waals surface area contributed by atoms with Crippen molar-refractivity contribution >= 4 is 5.91 Å². The molecule has 1 atom stereocenters. The summed E-state index contributed by atoms with van der Waals surface area (Å²) in [6.07, 6.45) is -4.29. The number of amides is 1. The van der Waals surface area contributed by atoms with E-state index in [1.54, 1.807) is 24.1 Å². The van der Waals surface area contributed by atoms with Crippen molar-refractivity contribution in [3.63, 3.8) is 0 Å². The van der Waals surface area contributed by atoms with Crippen molar-refractivity contribution in [1.29, 1.82) is 0 Å². The van der Waals surface area contributed by atoms with Gasteiger partial charge in [0, 0.05) is 25.1 Å². The normalized spacial score (nSPS) is 16.5. The van der Waals surface area contributed by atoms with Crippen molar-refractivity contribution in [1.82, 2.24) is 15.0 Å². The van der Waals surface area contributed by atoms with E-state index in [0.29, 0.717) is 24.6 Å². The molecule has 1 aromatic heterocycles. The summed E-state index contributed by atoms with van der Waals surface area (Å²) in [6, 6.07) is 10.1. The molecule has 0 radical (unpaired) electrons. The minimum Gasteiger partial charge on any atom is -0.493 e. The number of carbonyl (C=O) groups is 1. The monoisotopic (exact) mass is 447 g/mol. The van der Waals surface area contributed by atoms with E-state index < -0.39 is 11.7 Å². The second-order valence-electron chi connectivity index (χ2n) is 7.40. The van der Waals surface area contributed by atoms with E-state index in [-0.39, 0.29) is 35.5 Å². The summed E-state index contributed by atoms with van der Waals surface area (Å²) in [5.41, 5.74) is 0.270. The molecule has 1 amide bonds. The Hall–Kier alpha value is -3.56. The fourth-order valence-corrected chi connectivity index (χ4v) is 3.64. The van der Waals surface area contributed by atoms with Crippen molar-refractivity contribution in [2.75, 3.05) is 20.8 Å². The van der Waals surface area contributed by atoms with Crippen LogP contribution in [-0.4, -0.2) is 41.7 Å². The molecule has 1 fully saturated rings. The molecule has 7 nitrogen and oxygen atoms in total. The molecule has 2 heterocycles. The van der Waals surface area contributed by atoms with Crippen LogP contribution in [0.5, 0.6) is 11.5 Å². The van der Waals surface area contributed by atoms with Gasteiger partial charge in [-0.2, -0.15) is 18.2 Å². The summed E-state index contributed by atoms with van der Waals surface area (Å²) < 4.78 is 54.7. The van der Waals surface area contributed by atoms with Gasteiger partial charge in [0.25, 0.3) is 0 Å². The number of alkyl halides is 3. The van der Waals surface area contributed by atoms with Crippen molar-refractivity contribution < 1.29 is 32.0 Å². The van der Waals surface area contributed by atoms with E-state index in [2.05, 4.69) is 10.1 Å². The number of aromatic nitrogens is 2. The number of ether oxygens (including phenoxy) is 2. The Morgan fingerprint density at radius 1 is 1.12 bits per heavy atom. The Labute approximate surface area is 181 Å². The molecule has 1 aliphatic heterocycles. The molecule has 3 aromatic rings. The van der Waals surface area contributed by atoms with Crippen LogP contribution in [0.2, 0.25) is 0 Å². The highest BCUT2D eigenvalue weighted by Crippen LogP contribution is 2.34. The summed E-state index contributed by atoms with van der Waals surface area (Å²) in [4.78, 5) is 18.4. The predicted octanol–water partition coefficient (Wildman–Crippen LogP) is 4.29. The number of hydrogen-bond acceptors (Lipinski definition) is 6. The first kappa shape index (κ1) is 21.7. The van der Waals surface area contributed by atoms with E-state index in [4.69, 9.17) is 14.0 Å². The molecule has 4 rings (SSSR count). The molecule has 0 bridgehead atoms. The lowest BCUT2D eigenvalue weighted by atomic mass is 10.1. The molecule has 1 saturated heterocycles. The van der Waals surface area contributed by atoms with Crippen LogP contribution >= 0.6 is 0 Å². The fourth-order valence-electron chi connectivity index (χ4n) is 3.64. The molecule has 32 heavy (non-hydrogen) atoms. The zero-order chi connectivity index (χ0) is 22.9. The number of likely N-dealkylation sites (tertiary alicyclic amines) is 1. The zero-order valence-corrected chi connectivity index (χ0v) is 17.3. The first-order valence-corrected chi connectivity index (χ1v) is 9.78. The Bertz CT molecular complexity index is 1130. The number of nitrogens with zero attached hydrogens (tertiary/aromatic N) is 3. The number of carbonyl (C=O) groups excluding carboxylic acids is 1. The average molecular weight is 447 g/mol. The SMILES string of the molecule is COc1ccc(CN2CC(c3nc(-c4cccc(C(F)(F)F)c4)no3)CC2=O)cc1OC. The zero-order valence-electron chi connectivity index (χ0n) is 17.3. The first-order valence-electron chi connectivity index (χ1n) is 9.78. The maximum absolute atomic E-state index is 13.0. The second-order valence-corrected chi connectivity index (χ2v) is 7.40. The van der Waals surface area contributed by atoms with Crippen molar-refractivity contribution in [2.45, 2.75) is 25.1 Å². The van der Waals surface area contributed by atoms with Gasteiger partial charge in [0.05, 0.1) is 25.7 Å². The van der Waals surface area contributed by atoms with Gasteiger partial charge in [0.15, 0.2) is 11.5 Å². The summed E-state index contributed by atoms with van der Waals surface area (Å²) in [5, 5.41) is 3.82. The molecule has 0 spiro atoms. The standard InChI is InChI=1S/C22H20F3N3O4/c1-30-17-7-6-13(8-18(17)31-2)11-28-12-15(10-19(28)29)21-26-20(27-32-21)14-4-3-5-16(9-14)22(23,24)25/h3-9,15H,10-12H2,1-2H3. The number of benzene rings is 2. The smallest absolute Gasteiger partial charge is 0.416 e. The van der Waals surface area contributed by atoms with Gasteiger partial charge in [0.1, 0.15) is 0 Å². The Kier molecular flexibility index (Phi) is 5.77. The molecule has 10 heteroatoms. The number of halogens is 3. The van der Waals surface area contributed by atoms with Crippen LogP contribution in [0, 0.1) is 0 Å². The summed E-state index contributed by atoms with van der Waals surface area (Å²) in [6.45, 7) is 0.724. The third kappa shape index (κ3) is 4.39. The van der Waals surface area contributed by atoms with Gasteiger partial charge in [-0.1, -0.05) is 23.4 Å². The van der Waals surface area contributed by atoms with Crippen LogP contribution in [0.3, 0.4) is 0 Å². The van der Waals surface area contributed by atoms with Crippen molar-refractivity contribution in [3.8, 4) is 22.9 Å². The van der Waals surface area contributed by atoms with E-state index in [9.17, 15) is 18.0 Å². The van der Waals surface area contributed by atoms with Crippen LogP contribution in [0.1, 0.15) is 29.4 Å². The molecular weight excluding hydrogens is 427 g/mol. The van der Waals surface area contributed by atoms with E-state index >= 15 is 0 Å². The van der Waals surface area contributed by atoms with Gasteiger partial charge >= 0.3 is 6.18 Å². The minimum atomic E-state index is -4.47. The van der Waals surface area contributed by atoms with Crippen LogP contribution in [-0.2, 0) is 17.5 Å². The summed E-state index contributed by atoms with van der Waals surface area (Å²) in [7, 11) is 3.08. The van der Waals surface area contributed by atoms with E-state index in [1.807, 2.05) is 6.07 Å². The molecule has 1 aliphatic rings. The van der Waals surface area contributed by atoms with Crippen LogP contribution in [0.25, 0.3) is 11.4 Å². The highest BCUT2D eigenvalue weighted by atomic mass is 19.4. The highest BCUT2D eigenvalue weighted by molar-refractivity contribution is 5.79. The molecular formula is C22H20F3N3O4. The maximum Gasteiger partial charge on any atom is 0.416 e. The molecule has 1 unspecified atom stereocenters. The number of hydrogen-bond donors (Lipinski definition) is 0. The Morgan fingerprint density at radius 3 is 2.62 bits per heavy atom. The van der Waals surface area contributed by atoms with Gasteiger partial charge in [0.2, 0.25) is 17.6 Å². The minimum absolute atomic E-state index is 0.0527. The lowest BCUT2D eigenvalue weighted by Crippen LogP contribution is -2.24. The first-order chi connectivity index (χ1) is 15.3. The van der Waals surface area contributed by atoms with Crippen LogP contribution in [0.15, 0.2) is 47.0 Å². The van der Waals surface area contributed by atoms with Crippen LogP contribution in [0.4, 0.5) is 13.2 Å². The Balaban J connectivity index is 1.48.